The van der Waals surface area contributed by atoms with Crippen LogP contribution >= 0.6 is 0 Å². The van der Waals surface area contributed by atoms with Gasteiger partial charge in [0.15, 0.2) is 0 Å². The SMILES string of the molecule is CC(C)C[C@H](NC(=O)[C@@H](NC(=O)c1cncc(-c2ccccc2)n1)[C@@H](C)O)B1O[C@@H]2C[C@@H]3C[C@@H](C3(C)C)[C@]2(C)O1. The number of aliphatic hydroxyl groups is 1. The van der Waals surface area contributed by atoms with E-state index in [1.165, 1.54) is 13.1 Å². The highest BCUT2D eigenvalue weighted by molar-refractivity contribution is 6.48. The summed E-state index contributed by atoms with van der Waals surface area (Å²) in [6, 6.07) is 8.20. The lowest BCUT2D eigenvalue weighted by Crippen LogP contribution is -2.65. The van der Waals surface area contributed by atoms with Gasteiger partial charge < -0.3 is 25.0 Å². The van der Waals surface area contributed by atoms with E-state index in [-0.39, 0.29) is 23.1 Å². The second-order valence-electron chi connectivity index (χ2n) is 12.9. The van der Waals surface area contributed by atoms with Gasteiger partial charge >= 0.3 is 7.12 Å². The summed E-state index contributed by atoms with van der Waals surface area (Å²) in [7, 11) is -0.602. The van der Waals surface area contributed by atoms with Crippen LogP contribution in [-0.4, -0.2) is 63.8 Å². The van der Waals surface area contributed by atoms with Crippen LogP contribution in [0.4, 0.5) is 0 Å². The zero-order valence-corrected chi connectivity index (χ0v) is 24.3. The highest BCUT2D eigenvalue weighted by Crippen LogP contribution is 2.65. The number of aliphatic hydroxyl groups excluding tert-OH is 1. The molecular weight excluding hydrogens is 507 g/mol. The Morgan fingerprint density at radius 2 is 1.82 bits per heavy atom. The molecule has 1 aromatic carbocycles. The van der Waals surface area contributed by atoms with Gasteiger partial charge in [0.25, 0.3) is 5.91 Å². The third-order valence-electron chi connectivity index (χ3n) is 9.34. The summed E-state index contributed by atoms with van der Waals surface area (Å²) in [6.07, 6.45) is 4.48. The van der Waals surface area contributed by atoms with Gasteiger partial charge in [0.05, 0.1) is 41.8 Å². The summed E-state index contributed by atoms with van der Waals surface area (Å²) in [6.45, 7) is 12.4. The summed E-state index contributed by atoms with van der Waals surface area (Å²) in [5.74, 6) is -0.252. The molecule has 4 aliphatic rings. The van der Waals surface area contributed by atoms with Gasteiger partial charge in [-0.15, -0.1) is 0 Å². The number of benzene rings is 1. The molecule has 4 fully saturated rings. The lowest BCUT2D eigenvalue weighted by Gasteiger charge is -2.64. The molecule has 1 saturated heterocycles. The predicted molar refractivity (Wildman–Crippen MR) is 152 cm³/mol. The van der Waals surface area contributed by atoms with Crippen LogP contribution in [0.3, 0.4) is 0 Å². The van der Waals surface area contributed by atoms with Crippen LogP contribution in [0, 0.1) is 23.2 Å². The lowest BCUT2D eigenvalue weighted by atomic mass is 9.43. The Balaban J connectivity index is 1.29. The van der Waals surface area contributed by atoms with Gasteiger partial charge in [-0.3, -0.25) is 14.6 Å². The van der Waals surface area contributed by atoms with Crippen LogP contribution in [0.1, 0.15) is 71.3 Å². The normalized spacial score (nSPS) is 28.7. The number of carbonyl (C=O) groups is 2. The highest BCUT2D eigenvalue weighted by Gasteiger charge is 2.68. The number of amides is 2. The van der Waals surface area contributed by atoms with Crippen molar-refractivity contribution >= 4 is 18.9 Å². The molecule has 1 aliphatic heterocycles. The summed E-state index contributed by atoms with van der Waals surface area (Å²) in [5.41, 5.74) is 1.22. The van der Waals surface area contributed by atoms with E-state index < -0.39 is 42.6 Å². The predicted octanol–water partition coefficient (Wildman–Crippen LogP) is 3.42. The second-order valence-corrected chi connectivity index (χ2v) is 12.9. The Labute approximate surface area is 237 Å². The van der Waals surface area contributed by atoms with Gasteiger partial charge in [-0.25, -0.2) is 4.98 Å². The summed E-state index contributed by atoms with van der Waals surface area (Å²) in [5, 5.41) is 16.2. The van der Waals surface area contributed by atoms with Gasteiger partial charge in [-0.1, -0.05) is 58.0 Å². The first-order chi connectivity index (χ1) is 18.9. The van der Waals surface area contributed by atoms with E-state index in [4.69, 9.17) is 9.31 Å². The summed E-state index contributed by atoms with van der Waals surface area (Å²) >= 11 is 0. The van der Waals surface area contributed by atoms with E-state index in [0.29, 0.717) is 24.0 Å². The minimum atomic E-state index is -1.20. The number of carbonyl (C=O) groups excluding carboxylic acids is 2. The van der Waals surface area contributed by atoms with Crippen LogP contribution in [-0.2, 0) is 14.1 Å². The zero-order valence-electron chi connectivity index (χ0n) is 24.3. The Kier molecular flexibility index (Phi) is 7.80. The van der Waals surface area contributed by atoms with E-state index in [1.807, 2.05) is 30.3 Å². The van der Waals surface area contributed by atoms with E-state index in [1.54, 1.807) is 6.20 Å². The Bertz CT molecular complexity index is 1240. The van der Waals surface area contributed by atoms with Gasteiger partial charge in [-0.2, -0.15) is 0 Å². The van der Waals surface area contributed by atoms with Crippen molar-refractivity contribution in [1.29, 1.82) is 0 Å². The smallest absolute Gasteiger partial charge is 0.404 e. The molecule has 2 aromatic rings. The molecule has 1 aromatic heterocycles. The molecule has 9 nitrogen and oxygen atoms in total. The van der Waals surface area contributed by atoms with Crippen molar-refractivity contribution in [2.45, 2.75) is 90.6 Å². The maximum Gasteiger partial charge on any atom is 0.481 e. The fraction of sp³-hybridized carbons (Fsp3) is 0.600. The van der Waals surface area contributed by atoms with Gasteiger partial charge in [0.2, 0.25) is 5.91 Å². The molecule has 2 bridgehead atoms. The second kappa shape index (κ2) is 10.9. The zero-order chi connectivity index (χ0) is 28.8. The molecular formula is C30H41BN4O5. The molecule has 6 rings (SSSR count). The Hall–Kier alpha value is -2.82. The monoisotopic (exact) mass is 548 g/mol. The molecule has 40 heavy (non-hydrogen) atoms. The third kappa shape index (κ3) is 5.29. The van der Waals surface area contributed by atoms with Crippen LogP contribution in [0.15, 0.2) is 42.7 Å². The van der Waals surface area contributed by atoms with E-state index in [2.05, 4.69) is 55.2 Å². The molecule has 3 aliphatic carbocycles. The van der Waals surface area contributed by atoms with E-state index >= 15 is 0 Å². The van der Waals surface area contributed by atoms with Gasteiger partial charge in [-0.05, 0) is 56.3 Å². The van der Waals surface area contributed by atoms with Crippen molar-refractivity contribution in [2.75, 3.05) is 0 Å². The first-order valence-electron chi connectivity index (χ1n) is 14.4. The van der Waals surface area contributed by atoms with Crippen molar-refractivity contribution in [1.82, 2.24) is 20.6 Å². The van der Waals surface area contributed by atoms with Crippen molar-refractivity contribution in [2.24, 2.45) is 23.2 Å². The van der Waals surface area contributed by atoms with Gasteiger partial charge in [0.1, 0.15) is 11.7 Å². The summed E-state index contributed by atoms with van der Waals surface area (Å²) in [4.78, 5) is 35.2. The maximum atomic E-state index is 13.5. The molecule has 214 valence electrons. The van der Waals surface area contributed by atoms with E-state index in [9.17, 15) is 14.7 Å². The fourth-order valence-corrected chi connectivity index (χ4v) is 6.93. The topological polar surface area (TPSA) is 123 Å². The molecule has 3 N–H and O–H groups in total. The molecule has 3 saturated carbocycles. The Morgan fingerprint density at radius 3 is 2.48 bits per heavy atom. The molecule has 7 atom stereocenters. The lowest BCUT2D eigenvalue weighted by molar-refractivity contribution is -0.199. The number of aromatic nitrogens is 2. The largest absolute Gasteiger partial charge is 0.481 e. The number of nitrogens with zero attached hydrogens (tertiary/aromatic N) is 2. The molecule has 2 heterocycles. The first kappa shape index (κ1) is 28.7. The average molecular weight is 548 g/mol. The number of rotatable bonds is 9. The average Bonchev–Trinajstić information content (AvgIpc) is 3.28. The van der Waals surface area contributed by atoms with Crippen molar-refractivity contribution in [3.8, 4) is 11.3 Å². The van der Waals surface area contributed by atoms with Crippen LogP contribution < -0.4 is 10.6 Å². The minimum absolute atomic E-state index is 0.0106. The van der Waals surface area contributed by atoms with Crippen molar-refractivity contribution < 1.29 is 24.0 Å². The third-order valence-corrected chi connectivity index (χ3v) is 9.34. The minimum Gasteiger partial charge on any atom is -0.404 e. The first-order valence-corrected chi connectivity index (χ1v) is 14.4. The maximum absolute atomic E-state index is 13.5. The van der Waals surface area contributed by atoms with E-state index in [0.717, 1.165) is 18.4 Å². The molecule has 2 amide bonds. The van der Waals surface area contributed by atoms with Crippen molar-refractivity contribution in [3.63, 3.8) is 0 Å². The highest BCUT2D eigenvalue weighted by atomic mass is 16.7. The molecule has 0 radical (unpaired) electrons. The Morgan fingerprint density at radius 1 is 1.10 bits per heavy atom. The van der Waals surface area contributed by atoms with Crippen molar-refractivity contribution in [3.05, 3.63) is 48.4 Å². The molecule has 0 unspecified atom stereocenters. The quantitative estimate of drug-likeness (QED) is 0.411. The number of hydrogen-bond donors (Lipinski definition) is 3. The number of hydrogen-bond acceptors (Lipinski definition) is 7. The summed E-state index contributed by atoms with van der Waals surface area (Å²) < 4.78 is 13.1. The van der Waals surface area contributed by atoms with Gasteiger partial charge in [0, 0.05) is 5.56 Å². The number of nitrogens with one attached hydrogen (secondary N) is 2. The molecule has 10 heteroatoms. The van der Waals surface area contributed by atoms with Crippen LogP contribution in [0.2, 0.25) is 0 Å². The standard InChI is InChI=1S/C30H41BN4O5/c1-17(2)12-25(31-39-24-14-20-13-23(29(20,4)5)30(24,6)40-31)34-28(38)26(18(3)36)35-27(37)22-16-32-15-21(33-22)19-10-8-7-9-11-19/h7-11,15-18,20,23-26,36H,12-14H2,1-6H3,(H,34,38)(H,35,37)/t18-,20+,23+,24-,25+,26+,30+/m1/s1. The van der Waals surface area contributed by atoms with Crippen LogP contribution in [0.25, 0.3) is 11.3 Å². The fourth-order valence-electron chi connectivity index (χ4n) is 6.93. The molecule has 0 spiro atoms. The van der Waals surface area contributed by atoms with Crippen LogP contribution in [0.5, 0.6) is 0 Å².